The molecule has 0 saturated heterocycles. The van der Waals surface area contributed by atoms with E-state index >= 15 is 0 Å². The predicted molar refractivity (Wildman–Crippen MR) is 69.4 cm³/mol. The van der Waals surface area contributed by atoms with Gasteiger partial charge in [-0.2, -0.15) is 0 Å². The lowest BCUT2D eigenvalue weighted by Gasteiger charge is -2.34. The molecule has 0 aromatic heterocycles. The van der Waals surface area contributed by atoms with E-state index in [1.807, 2.05) is 0 Å². The maximum atomic E-state index is 11.8. The molecule has 6 nitrogen and oxygen atoms in total. The van der Waals surface area contributed by atoms with Gasteiger partial charge in [0.05, 0.1) is 0 Å². The molecule has 0 unspecified atom stereocenters. The largest absolute Gasteiger partial charge is 0.465 e. The van der Waals surface area contributed by atoms with Crippen molar-refractivity contribution in [3.63, 3.8) is 0 Å². The minimum Gasteiger partial charge on any atom is -0.465 e. The molecule has 19 heavy (non-hydrogen) atoms. The molecule has 0 spiro atoms. The lowest BCUT2D eigenvalue weighted by Crippen LogP contribution is -2.41. The molecule has 1 aliphatic rings. The summed E-state index contributed by atoms with van der Waals surface area (Å²) >= 11 is 0. The molecule has 1 saturated carbocycles. The third-order valence-corrected chi connectivity index (χ3v) is 4.00. The van der Waals surface area contributed by atoms with Crippen LogP contribution in [0.1, 0.15) is 51.9 Å². The zero-order chi connectivity index (χ0) is 14.5. The first-order valence-electron chi connectivity index (χ1n) is 6.76. The second-order valence-corrected chi connectivity index (χ2v) is 5.13. The number of nitrogens with two attached hydrogens (primary N) is 1. The first-order chi connectivity index (χ1) is 8.93. The van der Waals surface area contributed by atoms with Crippen LogP contribution in [0.15, 0.2) is 0 Å². The number of carboxylic acid groups (broad SMARTS) is 1. The van der Waals surface area contributed by atoms with E-state index in [4.69, 9.17) is 10.8 Å². The molecular formula is C13H22N2O4. The van der Waals surface area contributed by atoms with Crippen molar-refractivity contribution in [2.24, 2.45) is 11.1 Å². The van der Waals surface area contributed by atoms with Crippen molar-refractivity contribution in [3.8, 4) is 0 Å². The van der Waals surface area contributed by atoms with Gasteiger partial charge in [-0.15, -0.1) is 0 Å². The third kappa shape index (κ3) is 3.68. The van der Waals surface area contributed by atoms with Gasteiger partial charge >= 0.3 is 6.09 Å². The van der Waals surface area contributed by atoms with Crippen molar-refractivity contribution < 1.29 is 19.5 Å². The highest BCUT2D eigenvalue weighted by Gasteiger charge is 2.38. The second kappa shape index (κ2) is 6.54. The number of hydrogen-bond donors (Lipinski definition) is 2. The van der Waals surface area contributed by atoms with Crippen LogP contribution in [0.5, 0.6) is 0 Å². The zero-order valence-electron chi connectivity index (χ0n) is 11.4. The van der Waals surface area contributed by atoms with Crippen LogP contribution in [-0.2, 0) is 9.59 Å². The van der Waals surface area contributed by atoms with Crippen LogP contribution in [0, 0.1) is 5.41 Å². The highest BCUT2D eigenvalue weighted by Crippen LogP contribution is 2.40. The summed E-state index contributed by atoms with van der Waals surface area (Å²) in [4.78, 5) is 35.1. The Kier molecular flexibility index (Phi) is 5.32. The Morgan fingerprint density at radius 3 is 2.21 bits per heavy atom. The van der Waals surface area contributed by atoms with E-state index in [9.17, 15) is 14.4 Å². The van der Waals surface area contributed by atoms with Crippen LogP contribution in [0.4, 0.5) is 4.79 Å². The van der Waals surface area contributed by atoms with Crippen molar-refractivity contribution in [3.05, 3.63) is 0 Å². The maximum absolute atomic E-state index is 11.8. The minimum atomic E-state index is -1.25. The van der Waals surface area contributed by atoms with Crippen LogP contribution in [0.25, 0.3) is 0 Å². The lowest BCUT2D eigenvalue weighted by atomic mass is 9.70. The molecule has 0 bridgehead atoms. The topological polar surface area (TPSA) is 101 Å². The summed E-state index contributed by atoms with van der Waals surface area (Å²) in [6.45, 7) is 1.73. The molecule has 0 radical (unpaired) electrons. The highest BCUT2D eigenvalue weighted by molar-refractivity contribution is 5.91. The number of carbonyl (C=O) groups excluding carboxylic acids is 2. The fraction of sp³-hybridized carbons (Fsp3) is 0.769. The predicted octanol–water partition coefficient (Wildman–Crippen LogP) is 1.73. The lowest BCUT2D eigenvalue weighted by molar-refractivity contribution is -0.133. The van der Waals surface area contributed by atoms with E-state index < -0.39 is 17.4 Å². The molecule has 0 aliphatic heterocycles. The van der Waals surface area contributed by atoms with Crippen LogP contribution in [0.2, 0.25) is 0 Å². The number of primary amides is 1. The number of amides is 3. The number of rotatable bonds is 5. The van der Waals surface area contributed by atoms with Gasteiger partial charge in [-0.25, -0.2) is 9.69 Å². The molecule has 0 aromatic carbocycles. The van der Waals surface area contributed by atoms with Gasteiger partial charge < -0.3 is 10.8 Å². The summed E-state index contributed by atoms with van der Waals surface area (Å²) in [6, 6.07) is 0. The summed E-state index contributed by atoms with van der Waals surface area (Å²) in [6.07, 6.45) is 3.53. The van der Waals surface area contributed by atoms with Crippen molar-refractivity contribution in [2.75, 3.05) is 6.54 Å². The Labute approximate surface area is 112 Å². The van der Waals surface area contributed by atoms with E-state index in [0.29, 0.717) is 19.3 Å². The Bertz CT molecular complexity index is 362. The van der Waals surface area contributed by atoms with Gasteiger partial charge in [0, 0.05) is 18.4 Å². The second-order valence-electron chi connectivity index (χ2n) is 5.13. The molecule has 0 heterocycles. The fourth-order valence-corrected chi connectivity index (χ4v) is 2.75. The zero-order valence-corrected chi connectivity index (χ0v) is 11.4. The number of nitrogens with zero attached hydrogens (tertiary/aromatic N) is 1. The fourth-order valence-electron chi connectivity index (χ4n) is 2.75. The van der Waals surface area contributed by atoms with Gasteiger partial charge in [0.2, 0.25) is 11.8 Å². The Morgan fingerprint density at radius 1 is 1.21 bits per heavy atom. The van der Waals surface area contributed by atoms with Gasteiger partial charge in [-0.05, 0) is 26.2 Å². The van der Waals surface area contributed by atoms with Crippen LogP contribution >= 0.6 is 0 Å². The smallest absolute Gasteiger partial charge is 0.414 e. The summed E-state index contributed by atoms with van der Waals surface area (Å²) < 4.78 is 0. The van der Waals surface area contributed by atoms with Gasteiger partial charge in [0.1, 0.15) is 0 Å². The molecule has 3 amide bonds. The average Bonchev–Trinajstić information content (AvgIpc) is 2.37. The quantitative estimate of drug-likeness (QED) is 0.794. The van der Waals surface area contributed by atoms with E-state index in [-0.39, 0.29) is 18.9 Å². The Balaban J connectivity index is 2.64. The minimum absolute atomic E-state index is 0.0586. The molecular weight excluding hydrogens is 248 g/mol. The molecule has 3 N–H and O–H groups in total. The summed E-state index contributed by atoms with van der Waals surface area (Å²) in [5.41, 5.74) is 4.86. The number of hydrogen-bond acceptors (Lipinski definition) is 3. The SMILES string of the molecule is CCN(C(=O)O)C(=O)CCC1(C(N)=O)CCCCC1. The first-order valence-corrected chi connectivity index (χ1v) is 6.76. The van der Waals surface area contributed by atoms with Gasteiger partial charge in [0.15, 0.2) is 0 Å². The normalized spacial score (nSPS) is 17.7. The van der Waals surface area contributed by atoms with Gasteiger partial charge in [-0.3, -0.25) is 9.59 Å². The van der Waals surface area contributed by atoms with Gasteiger partial charge in [0.25, 0.3) is 0 Å². The van der Waals surface area contributed by atoms with Crippen molar-refractivity contribution >= 4 is 17.9 Å². The van der Waals surface area contributed by atoms with Crippen molar-refractivity contribution in [1.82, 2.24) is 4.90 Å². The summed E-state index contributed by atoms with van der Waals surface area (Å²) in [5.74, 6) is -0.820. The first kappa shape index (κ1) is 15.5. The van der Waals surface area contributed by atoms with Crippen LogP contribution in [0.3, 0.4) is 0 Å². The Morgan fingerprint density at radius 2 is 1.79 bits per heavy atom. The standard InChI is InChI=1S/C13H22N2O4/c1-2-15(12(18)19)10(16)6-9-13(11(14)17)7-4-3-5-8-13/h2-9H2,1H3,(H2,14,17)(H,18,19). The summed E-state index contributed by atoms with van der Waals surface area (Å²) in [7, 11) is 0. The van der Waals surface area contributed by atoms with Gasteiger partial charge in [-0.1, -0.05) is 19.3 Å². The van der Waals surface area contributed by atoms with Crippen LogP contribution in [-0.4, -0.2) is 34.5 Å². The average molecular weight is 270 g/mol. The number of imide groups is 1. The molecule has 6 heteroatoms. The van der Waals surface area contributed by atoms with E-state index in [1.54, 1.807) is 6.92 Å². The van der Waals surface area contributed by atoms with Crippen molar-refractivity contribution in [2.45, 2.75) is 51.9 Å². The number of carbonyl (C=O) groups is 3. The molecule has 0 aromatic rings. The molecule has 1 rings (SSSR count). The van der Waals surface area contributed by atoms with E-state index in [0.717, 1.165) is 24.2 Å². The third-order valence-electron chi connectivity index (χ3n) is 4.00. The molecule has 1 aliphatic carbocycles. The van der Waals surface area contributed by atoms with E-state index in [2.05, 4.69) is 0 Å². The maximum Gasteiger partial charge on any atom is 0.414 e. The molecule has 108 valence electrons. The monoisotopic (exact) mass is 270 g/mol. The highest BCUT2D eigenvalue weighted by atomic mass is 16.4. The molecule has 1 fully saturated rings. The Hall–Kier alpha value is -1.59. The van der Waals surface area contributed by atoms with Crippen LogP contribution < -0.4 is 5.73 Å². The van der Waals surface area contributed by atoms with Crippen molar-refractivity contribution in [1.29, 1.82) is 0 Å². The summed E-state index contributed by atoms with van der Waals surface area (Å²) in [5, 5.41) is 8.87. The van der Waals surface area contributed by atoms with E-state index in [1.165, 1.54) is 0 Å². The molecule has 0 atom stereocenters.